The fourth-order valence-corrected chi connectivity index (χ4v) is 2.55. The molecule has 1 atom stereocenters. The van der Waals surface area contributed by atoms with E-state index in [2.05, 4.69) is 10.3 Å². The number of carbonyl (C=O) groups excluding carboxylic acids is 1. The molecule has 3 aromatic rings. The molecule has 3 rings (SSSR count). The van der Waals surface area contributed by atoms with E-state index in [1.807, 2.05) is 19.1 Å². The van der Waals surface area contributed by atoms with Crippen LogP contribution in [0.2, 0.25) is 0 Å². The van der Waals surface area contributed by atoms with E-state index in [0.29, 0.717) is 29.1 Å². The molecular formula is C18H17FN2O2. The van der Waals surface area contributed by atoms with Crippen molar-refractivity contribution in [3.05, 3.63) is 59.7 Å². The van der Waals surface area contributed by atoms with Gasteiger partial charge in [-0.15, -0.1) is 0 Å². The summed E-state index contributed by atoms with van der Waals surface area (Å²) >= 11 is 0. The van der Waals surface area contributed by atoms with Gasteiger partial charge in [-0.05, 0) is 35.7 Å². The van der Waals surface area contributed by atoms with E-state index < -0.39 is 0 Å². The second kappa shape index (κ2) is 6.20. The van der Waals surface area contributed by atoms with Crippen LogP contribution in [0.1, 0.15) is 30.7 Å². The molecule has 4 nitrogen and oxygen atoms in total. The zero-order chi connectivity index (χ0) is 16.4. The van der Waals surface area contributed by atoms with Crippen molar-refractivity contribution >= 4 is 22.7 Å². The molecule has 0 saturated carbocycles. The maximum absolute atomic E-state index is 13.0. The van der Waals surface area contributed by atoms with E-state index in [-0.39, 0.29) is 17.6 Å². The van der Waals surface area contributed by atoms with Gasteiger partial charge >= 0.3 is 0 Å². The Morgan fingerprint density at radius 2 is 2.00 bits per heavy atom. The summed E-state index contributed by atoms with van der Waals surface area (Å²) < 4.78 is 18.5. The lowest BCUT2D eigenvalue weighted by molar-refractivity contribution is -0.116. The van der Waals surface area contributed by atoms with Crippen molar-refractivity contribution < 1.29 is 13.6 Å². The first kappa shape index (κ1) is 15.2. The number of fused-ring (bicyclic) bond motifs is 1. The third-order valence-corrected chi connectivity index (χ3v) is 3.73. The van der Waals surface area contributed by atoms with Crippen molar-refractivity contribution in [1.29, 1.82) is 0 Å². The molecule has 0 aliphatic carbocycles. The number of halogens is 1. The minimum Gasteiger partial charge on any atom is -0.439 e. The van der Waals surface area contributed by atoms with Gasteiger partial charge in [-0.25, -0.2) is 9.37 Å². The van der Waals surface area contributed by atoms with E-state index in [1.165, 1.54) is 12.1 Å². The summed E-state index contributed by atoms with van der Waals surface area (Å²) in [4.78, 5) is 16.5. The molecule has 0 saturated heterocycles. The average Bonchev–Trinajstić information content (AvgIpc) is 2.89. The van der Waals surface area contributed by atoms with Crippen LogP contribution in [0.5, 0.6) is 0 Å². The minimum absolute atomic E-state index is 0.00809. The van der Waals surface area contributed by atoms with E-state index in [1.54, 1.807) is 25.1 Å². The van der Waals surface area contributed by atoms with Crippen molar-refractivity contribution in [2.45, 2.75) is 26.2 Å². The summed E-state index contributed by atoms with van der Waals surface area (Å²) in [5, 5.41) is 2.86. The van der Waals surface area contributed by atoms with Crippen LogP contribution < -0.4 is 5.32 Å². The number of aromatic nitrogens is 1. The van der Waals surface area contributed by atoms with Crippen LogP contribution in [0, 0.1) is 12.7 Å². The highest BCUT2D eigenvalue weighted by molar-refractivity contribution is 5.98. The Kier molecular flexibility index (Phi) is 4.10. The number of benzene rings is 2. The fraction of sp³-hybridized carbons (Fsp3) is 0.222. The number of anilines is 1. The van der Waals surface area contributed by atoms with Crippen LogP contribution in [-0.4, -0.2) is 10.9 Å². The first-order chi connectivity index (χ1) is 11.0. The molecule has 1 amide bonds. The van der Waals surface area contributed by atoms with Crippen molar-refractivity contribution in [3.8, 4) is 0 Å². The highest BCUT2D eigenvalue weighted by atomic mass is 19.1. The molecule has 5 heteroatoms. The quantitative estimate of drug-likeness (QED) is 0.776. The molecule has 0 aliphatic heterocycles. The van der Waals surface area contributed by atoms with Crippen LogP contribution in [0.15, 0.2) is 46.9 Å². The van der Waals surface area contributed by atoms with Gasteiger partial charge in [0.1, 0.15) is 11.3 Å². The van der Waals surface area contributed by atoms with Gasteiger partial charge in [0.05, 0.1) is 5.69 Å². The van der Waals surface area contributed by atoms with Crippen molar-refractivity contribution in [2.75, 3.05) is 5.32 Å². The van der Waals surface area contributed by atoms with Crippen LogP contribution in [0.3, 0.4) is 0 Å². The SMILES string of the molecule is Cc1nc2cccc(NC(=O)CC(C)c3ccc(F)cc3)c2o1. The molecule has 118 valence electrons. The summed E-state index contributed by atoms with van der Waals surface area (Å²) in [7, 11) is 0. The molecule has 1 unspecified atom stereocenters. The van der Waals surface area contributed by atoms with Crippen LogP contribution in [0.25, 0.3) is 11.1 Å². The topological polar surface area (TPSA) is 55.1 Å². The number of amides is 1. The third kappa shape index (κ3) is 3.39. The third-order valence-electron chi connectivity index (χ3n) is 3.73. The number of aryl methyl sites for hydroxylation is 1. The lowest BCUT2D eigenvalue weighted by Crippen LogP contribution is -2.14. The predicted molar refractivity (Wildman–Crippen MR) is 86.8 cm³/mol. The Morgan fingerprint density at radius 1 is 1.26 bits per heavy atom. The number of carbonyl (C=O) groups is 1. The summed E-state index contributed by atoms with van der Waals surface area (Å²) in [6, 6.07) is 11.7. The van der Waals surface area contributed by atoms with Crippen LogP contribution >= 0.6 is 0 Å². The number of hydrogen-bond acceptors (Lipinski definition) is 3. The average molecular weight is 312 g/mol. The molecule has 0 spiro atoms. The standard InChI is InChI=1S/C18H17FN2O2/c1-11(13-6-8-14(19)9-7-13)10-17(22)21-16-5-3-4-15-18(16)23-12(2)20-15/h3-9,11H,10H2,1-2H3,(H,21,22). The highest BCUT2D eigenvalue weighted by Gasteiger charge is 2.14. The predicted octanol–water partition coefficient (Wildman–Crippen LogP) is 4.41. The molecule has 0 radical (unpaired) electrons. The fourth-order valence-electron chi connectivity index (χ4n) is 2.55. The lowest BCUT2D eigenvalue weighted by Gasteiger charge is -2.12. The van der Waals surface area contributed by atoms with E-state index in [9.17, 15) is 9.18 Å². The highest BCUT2D eigenvalue weighted by Crippen LogP contribution is 2.25. The zero-order valence-corrected chi connectivity index (χ0v) is 13.0. The summed E-state index contributed by atoms with van der Waals surface area (Å²) in [6.45, 7) is 3.70. The summed E-state index contributed by atoms with van der Waals surface area (Å²) in [6.07, 6.45) is 0.301. The molecular weight excluding hydrogens is 295 g/mol. The zero-order valence-electron chi connectivity index (χ0n) is 13.0. The Morgan fingerprint density at radius 3 is 2.74 bits per heavy atom. The van der Waals surface area contributed by atoms with E-state index in [0.717, 1.165) is 5.56 Å². The van der Waals surface area contributed by atoms with Gasteiger partial charge in [-0.2, -0.15) is 0 Å². The van der Waals surface area contributed by atoms with Crippen LogP contribution in [-0.2, 0) is 4.79 Å². The smallest absolute Gasteiger partial charge is 0.225 e. The summed E-state index contributed by atoms with van der Waals surface area (Å²) in [5.41, 5.74) is 2.83. The molecule has 2 aromatic carbocycles. The maximum atomic E-state index is 13.0. The molecule has 1 N–H and O–H groups in total. The van der Waals surface area contributed by atoms with E-state index in [4.69, 9.17) is 4.42 Å². The first-order valence-corrected chi connectivity index (χ1v) is 7.44. The molecule has 0 fully saturated rings. The monoisotopic (exact) mass is 312 g/mol. The van der Waals surface area contributed by atoms with Crippen molar-refractivity contribution in [3.63, 3.8) is 0 Å². The molecule has 0 bridgehead atoms. The molecule has 0 aliphatic rings. The number of para-hydroxylation sites is 1. The molecule has 1 heterocycles. The minimum atomic E-state index is -0.280. The van der Waals surface area contributed by atoms with E-state index >= 15 is 0 Å². The number of rotatable bonds is 4. The Bertz CT molecular complexity index is 840. The Hall–Kier alpha value is -2.69. The molecule has 23 heavy (non-hydrogen) atoms. The van der Waals surface area contributed by atoms with Gasteiger partial charge in [0.15, 0.2) is 11.5 Å². The largest absolute Gasteiger partial charge is 0.439 e. The van der Waals surface area contributed by atoms with Gasteiger partial charge in [0, 0.05) is 13.3 Å². The first-order valence-electron chi connectivity index (χ1n) is 7.44. The molecule has 1 aromatic heterocycles. The van der Waals surface area contributed by atoms with Crippen molar-refractivity contribution in [1.82, 2.24) is 4.98 Å². The van der Waals surface area contributed by atoms with Gasteiger partial charge in [0.25, 0.3) is 0 Å². The number of nitrogens with zero attached hydrogens (tertiary/aromatic N) is 1. The summed E-state index contributed by atoms with van der Waals surface area (Å²) in [5.74, 6) is 0.147. The van der Waals surface area contributed by atoms with Crippen molar-refractivity contribution in [2.24, 2.45) is 0 Å². The lowest BCUT2D eigenvalue weighted by atomic mass is 9.97. The second-order valence-electron chi connectivity index (χ2n) is 5.59. The Balaban J connectivity index is 1.72. The van der Waals surface area contributed by atoms with Gasteiger partial charge in [0.2, 0.25) is 5.91 Å². The number of oxazole rings is 1. The Labute approximate surface area is 133 Å². The number of hydrogen-bond donors (Lipinski definition) is 1. The van der Waals surface area contributed by atoms with Gasteiger partial charge in [-0.1, -0.05) is 25.1 Å². The normalized spacial score (nSPS) is 12.3. The maximum Gasteiger partial charge on any atom is 0.225 e. The van der Waals surface area contributed by atoms with Crippen LogP contribution in [0.4, 0.5) is 10.1 Å². The van der Waals surface area contributed by atoms with Gasteiger partial charge < -0.3 is 9.73 Å². The number of nitrogens with one attached hydrogen (secondary N) is 1. The second-order valence-corrected chi connectivity index (χ2v) is 5.59. The van der Waals surface area contributed by atoms with Gasteiger partial charge in [-0.3, -0.25) is 4.79 Å².